The molecule has 88 valence electrons. The van der Waals surface area contributed by atoms with E-state index in [4.69, 9.17) is 16.2 Å². The molecule has 0 aliphatic carbocycles. The van der Waals surface area contributed by atoms with Crippen molar-refractivity contribution >= 4 is 11.6 Å². The van der Waals surface area contributed by atoms with Crippen LogP contribution in [0.5, 0.6) is 5.75 Å². The van der Waals surface area contributed by atoms with Crippen LogP contribution in [0.15, 0.2) is 30.3 Å². The van der Waals surface area contributed by atoms with Crippen LogP contribution in [-0.2, 0) is 6.42 Å². The zero-order chi connectivity index (χ0) is 12.3. The maximum Gasteiger partial charge on any atom is 0.203 e. The Labute approximate surface area is 99.5 Å². The number of aromatic nitrogens is 2. The lowest BCUT2D eigenvalue weighted by Gasteiger charge is -2.08. The number of rotatable bonds is 3. The molecule has 2 rings (SSSR count). The van der Waals surface area contributed by atoms with Crippen molar-refractivity contribution < 1.29 is 4.74 Å². The Morgan fingerprint density at radius 2 is 1.65 bits per heavy atom. The van der Waals surface area contributed by atoms with Crippen molar-refractivity contribution in [3.63, 3.8) is 0 Å². The van der Waals surface area contributed by atoms with Gasteiger partial charge in [0.1, 0.15) is 5.82 Å². The highest BCUT2D eigenvalue weighted by molar-refractivity contribution is 5.59. The van der Waals surface area contributed by atoms with Crippen LogP contribution >= 0.6 is 0 Å². The van der Waals surface area contributed by atoms with E-state index in [2.05, 4.69) is 9.97 Å². The van der Waals surface area contributed by atoms with Gasteiger partial charge in [0.2, 0.25) is 5.75 Å². The van der Waals surface area contributed by atoms with Crippen molar-refractivity contribution in [2.45, 2.75) is 6.42 Å². The van der Waals surface area contributed by atoms with Gasteiger partial charge in [0.05, 0.1) is 7.11 Å². The van der Waals surface area contributed by atoms with E-state index in [1.807, 2.05) is 30.3 Å². The molecule has 0 saturated heterocycles. The first-order valence-corrected chi connectivity index (χ1v) is 5.20. The minimum absolute atomic E-state index is 0.269. The van der Waals surface area contributed by atoms with Crippen molar-refractivity contribution in [3.8, 4) is 5.75 Å². The van der Waals surface area contributed by atoms with Crippen molar-refractivity contribution in [2.75, 3.05) is 18.6 Å². The number of hydrogen-bond donors (Lipinski definition) is 2. The molecule has 5 nitrogen and oxygen atoms in total. The number of anilines is 2. The molecule has 0 fully saturated rings. The van der Waals surface area contributed by atoms with Gasteiger partial charge in [-0.2, -0.15) is 0 Å². The van der Waals surface area contributed by atoms with Gasteiger partial charge in [-0.15, -0.1) is 0 Å². The highest BCUT2D eigenvalue weighted by atomic mass is 16.5. The normalized spacial score (nSPS) is 10.2. The van der Waals surface area contributed by atoms with E-state index in [9.17, 15) is 0 Å². The monoisotopic (exact) mass is 230 g/mol. The van der Waals surface area contributed by atoms with Gasteiger partial charge in [-0.3, -0.25) is 0 Å². The van der Waals surface area contributed by atoms with Crippen molar-refractivity contribution in [1.82, 2.24) is 9.97 Å². The van der Waals surface area contributed by atoms with Crippen LogP contribution in [0.3, 0.4) is 0 Å². The highest BCUT2D eigenvalue weighted by Crippen LogP contribution is 2.25. The molecule has 0 aliphatic heterocycles. The lowest BCUT2D eigenvalue weighted by Crippen LogP contribution is -2.07. The van der Waals surface area contributed by atoms with Crippen molar-refractivity contribution in [1.29, 1.82) is 0 Å². The largest absolute Gasteiger partial charge is 0.490 e. The van der Waals surface area contributed by atoms with Crippen LogP contribution in [-0.4, -0.2) is 17.1 Å². The topological polar surface area (TPSA) is 87.0 Å². The molecule has 4 N–H and O–H groups in total. The minimum Gasteiger partial charge on any atom is -0.490 e. The Kier molecular flexibility index (Phi) is 3.09. The summed E-state index contributed by atoms with van der Waals surface area (Å²) in [6.45, 7) is 0. The molecule has 2 aromatic rings. The molecule has 0 unspecified atom stereocenters. The average Bonchev–Trinajstić information content (AvgIpc) is 2.30. The van der Waals surface area contributed by atoms with Crippen LogP contribution in [0.1, 0.15) is 11.4 Å². The van der Waals surface area contributed by atoms with E-state index >= 15 is 0 Å². The zero-order valence-electron chi connectivity index (χ0n) is 9.55. The molecule has 0 atom stereocenters. The molecule has 17 heavy (non-hydrogen) atoms. The summed E-state index contributed by atoms with van der Waals surface area (Å²) in [4.78, 5) is 8.32. The molecular weight excluding hydrogens is 216 g/mol. The van der Waals surface area contributed by atoms with Gasteiger partial charge in [-0.05, 0) is 5.56 Å². The molecule has 1 aromatic heterocycles. The van der Waals surface area contributed by atoms with Gasteiger partial charge in [-0.25, -0.2) is 9.97 Å². The molecule has 1 aromatic carbocycles. The van der Waals surface area contributed by atoms with Crippen LogP contribution in [0, 0.1) is 0 Å². The molecule has 0 spiro atoms. The van der Waals surface area contributed by atoms with Crippen LogP contribution < -0.4 is 16.2 Å². The predicted octanol–water partition coefficient (Wildman–Crippen LogP) is 1.24. The van der Waals surface area contributed by atoms with Gasteiger partial charge < -0.3 is 16.2 Å². The third-order valence-electron chi connectivity index (χ3n) is 2.37. The van der Waals surface area contributed by atoms with Crippen molar-refractivity contribution in [3.05, 3.63) is 41.7 Å². The maximum atomic E-state index is 5.73. The summed E-state index contributed by atoms with van der Waals surface area (Å²) < 4.78 is 5.01. The second-order valence-corrected chi connectivity index (χ2v) is 3.61. The Hall–Kier alpha value is -2.30. The number of nitrogens with two attached hydrogens (primary N) is 2. The second kappa shape index (κ2) is 4.69. The Balaban J connectivity index is 2.29. The van der Waals surface area contributed by atoms with Crippen LogP contribution in [0.4, 0.5) is 11.6 Å². The first-order valence-electron chi connectivity index (χ1n) is 5.20. The fourth-order valence-electron chi connectivity index (χ4n) is 1.60. The van der Waals surface area contributed by atoms with Crippen LogP contribution in [0.25, 0.3) is 0 Å². The summed E-state index contributed by atoms with van der Waals surface area (Å²) in [6.07, 6.45) is 0.596. The Morgan fingerprint density at radius 3 is 2.18 bits per heavy atom. The fourth-order valence-corrected chi connectivity index (χ4v) is 1.60. The third kappa shape index (κ3) is 2.44. The number of ether oxygens (including phenoxy) is 1. The standard InChI is InChI=1S/C12H14N4O/c1-17-10-11(13)15-9(16-12(10)14)7-8-5-3-2-4-6-8/h2-6H,7H2,1H3,(H4,13,14,15,16). The molecule has 0 amide bonds. The molecule has 5 heteroatoms. The summed E-state index contributed by atoms with van der Waals surface area (Å²) >= 11 is 0. The Bertz CT molecular complexity index is 490. The Morgan fingerprint density at radius 1 is 1.06 bits per heavy atom. The number of nitrogen functional groups attached to an aromatic ring is 2. The smallest absolute Gasteiger partial charge is 0.203 e. The van der Waals surface area contributed by atoms with E-state index in [1.54, 1.807) is 0 Å². The van der Waals surface area contributed by atoms with Crippen molar-refractivity contribution in [2.24, 2.45) is 0 Å². The third-order valence-corrected chi connectivity index (χ3v) is 2.37. The first kappa shape index (κ1) is 11.2. The van der Waals surface area contributed by atoms with E-state index < -0.39 is 0 Å². The fraction of sp³-hybridized carbons (Fsp3) is 0.167. The van der Waals surface area contributed by atoms with E-state index in [-0.39, 0.29) is 11.6 Å². The predicted molar refractivity (Wildman–Crippen MR) is 66.7 cm³/mol. The highest BCUT2D eigenvalue weighted by Gasteiger charge is 2.10. The minimum atomic E-state index is 0.269. The summed E-state index contributed by atoms with van der Waals surface area (Å²) in [5.74, 6) is 1.46. The molecular formula is C12H14N4O. The molecule has 0 saturated carbocycles. The molecule has 0 radical (unpaired) electrons. The summed E-state index contributed by atoms with van der Waals surface area (Å²) in [5.41, 5.74) is 12.6. The molecule has 0 aliphatic rings. The van der Waals surface area contributed by atoms with Gasteiger partial charge >= 0.3 is 0 Å². The lowest BCUT2D eigenvalue weighted by molar-refractivity contribution is 0.415. The second-order valence-electron chi connectivity index (χ2n) is 3.61. The van der Waals surface area contributed by atoms with Gasteiger partial charge in [0.15, 0.2) is 11.6 Å². The first-order chi connectivity index (χ1) is 8.20. The molecule has 0 bridgehead atoms. The van der Waals surface area contributed by atoms with E-state index in [1.165, 1.54) is 7.11 Å². The number of nitrogens with zero attached hydrogens (tertiary/aromatic N) is 2. The number of methoxy groups -OCH3 is 1. The summed E-state index contributed by atoms with van der Waals surface area (Å²) in [5, 5.41) is 0. The number of hydrogen-bond acceptors (Lipinski definition) is 5. The zero-order valence-corrected chi connectivity index (χ0v) is 9.55. The van der Waals surface area contributed by atoms with Gasteiger partial charge in [0.25, 0.3) is 0 Å². The van der Waals surface area contributed by atoms with E-state index in [0.717, 1.165) is 5.56 Å². The van der Waals surface area contributed by atoms with Gasteiger partial charge in [-0.1, -0.05) is 30.3 Å². The summed E-state index contributed by atoms with van der Waals surface area (Å²) in [6, 6.07) is 9.89. The quantitative estimate of drug-likeness (QED) is 0.828. The van der Waals surface area contributed by atoms with Crippen LogP contribution in [0.2, 0.25) is 0 Å². The van der Waals surface area contributed by atoms with Gasteiger partial charge in [0, 0.05) is 6.42 Å². The maximum absolute atomic E-state index is 5.73. The average molecular weight is 230 g/mol. The SMILES string of the molecule is COc1c(N)nc(Cc2ccccc2)nc1N. The lowest BCUT2D eigenvalue weighted by atomic mass is 10.1. The summed E-state index contributed by atoms with van der Waals surface area (Å²) in [7, 11) is 1.49. The molecule has 1 heterocycles. The van der Waals surface area contributed by atoms with E-state index in [0.29, 0.717) is 18.0 Å². The number of benzene rings is 1.